The molecule has 6 aromatic rings. The predicted molar refractivity (Wildman–Crippen MR) is 197 cm³/mol. The number of hydrogen-bond acceptors (Lipinski definition) is 3. The van der Waals surface area contributed by atoms with Gasteiger partial charge < -0.3 is 9.30 Å². The summed E-state index contributed by atoms with van der Waals surface area (Å²) in [4.78, 5) is 10.2. The Morgan fingerprint density at radius 2 is 1.45 bits per heavy atom. The minimum Gasteiger partial charge on any atom is -0.464 e. The number of pyridine rings is 1. The van der Waals surface area contributed by atoms with E-state index < -0.39 is 11.1 Å². The van der Waals surface area contributed by atoms with Crippen LogP contribution in [-0.4, -0.2) is 21.0 Å². The van der Waals surface area contributed by atoms with E-state index in [4.69, 9.17) is 14.7 Å². The summed E-state index contributed by atoms with van der Waals surface area (Å²) < 4.78 is 9.42. The van der Waals surface area contributed by atoms with Gasteiger partial charge in [-0.15, -0.1) is 0 Å². The van der Waals surface area contributed by atoms with Gasteiger partial charge in [0.05, 0.1) is 16.7 Å². The van der Waals surface area contributed by atoms with Crippen LogP contribution in [0.1, 0.15) is 76.3 Å². The number of benzene rings is 4. The van der Waals surface area contributed by atoms with E-state index in [1.54, 1.807) is 0 Å². The largest absolute Gasteiger partial charge is 0.464 e. The molecule has 0 amide bonds. The molecule has 4 heteroatoms. The molecule has 47 heavy (non-hydrogen) atoms. The van der Waals surface area contributed by atoms with E-state index in [1.807, 2.05) is 6.20 Å². The van der Waals surface area contributed by atoms with E-state index in [0.29, 0.717) is 5.90 Å². The highest BCUT2D eigenvalue weighted by atomic mass is 16.5. The van der Waals surface area contributed by atoms with Crippen molar-refractivity contribution < 1.29 is 4.74 Å². The van der Waals surface area contributed by atoms with Crippen LogP contribution in [0.4, 0.5) is 0 Å². The van der Waals surface area contributed by atoms with Crippen LogP contribution in [-0.2, 0) is 15.8 Å². The van der Waals surface area contributed by atoms with Crippen LogP contribution in [0.5, 0.6) is 0 Å². The zero-order chi connectivity index (χ0) is 33.3. The molecule has 238 valence electrons. The summed E-state index contributed by atoms with van der Waals surface area (Å²) in [6.45, 7) is 20.0. The normalized spacial score (nSPS) is 19.8. The van der Waals surface area contributed by atoms with E-state index in [0.717, 1.165) is 39.2 Å². The van der Waals surface area contributed by atoms with Gasteiger partial charge in [0.1, 0.15) is 5.54 Å². The first-order chi connectivity index (χ1) is 22.3. The van der Waals surface area contributed by atoms with Crippen LogP contribution in [0.2, 0.25) is 0 Å². The Morgan fingerprint density at radius 1 is 0.745 bits per heavy atom. The second-order valence-corrected chi connectivity index (χ2v) is 14.9. The fourth-order valence-electron chi connectivity index (χ4n) is 7.30. The third-order valence-electron chi connectivity index (χ3n) is 10.7. The Bertz CT molecular complexity index is 2180. The van der Waals surface area contributed by atoms with Crippen molar-refractivity contribution in [3.8, 4) is 16.9 Å². The molecule has 0 aliphatic carbocycles. The number of para-hydroxylation sites is 1. The number of fused-ring (bicyclic) bond motifs is 3. The zero-order valence-electron chi connectivity index (χ0n) is 29.1. The summed E-state index contributed by atoms with van der Waals surface area (Å²) in [5, 5.41) is 2.45. The highest BCUT2D eigenvalue weighted by Gasteiger charge is 2.55. The molecule has 0 bridgehead atoms. The zero-order valence-corrected chi connectivity index (χ0v) is 29.1. The Labute approximate surface area is 279 Å². The summed E-state index contributed by atoms with van der Waals surface area (Å²) >= 11 is 0. The minimum atomic E-state index is -0.606. The molecule has 2 atom stereocenters. The first-order valence-corrected chi connectivity index (χ1v) is 16.8. The van der Waals surface area contributed by atoms with Crippen molar-refractivity contribution in [2.75, 3.05) is 0 Å². The molecule has 1 aliphatic rings. The van der Waals surface area contributed by atoms with Crippen molar-refractivity contribution in [2.24, 2.45) is 10.9 Å². The number of ether oxygens (including phenoxy) is 1. The molecule has 7 rings (SSSR count). The van der Waals surface area contributed by atoms with Crippen molar-refractivity contribution >= 4 is 27.7 Å². The lowest BCUT2D eigenvalue weighted by Crippen LogP contribution is -2.47. The average molecular weight is 620 g/mol. The third kappa shape index (κ3) is 4.88. The summed E-state index contributed by atoms with van der Waals surface area (Å²) in [5.41, 5.74) is 10.3. The van der Waals surface area contributed by atoms with Gasteiger partial charge in [-0.25, -0.2) is 4.99 Å². The Kier molecular flexibility index (Phi) is 7.20. The SMILES string of the molecule is Cc1cc(C)c(-n2c3ccccc3c3ccc(-c4cc(C(C)(C)C)ccn4)cc32)cc1C1=N[C@](C)(C(C)C)[C@@](C)(c2ccccc2)O1. The quantitative estimate of drug-likeness (QED) is 0.193. The first-order valence-electron chi connectivity index (χ1n) is 16.8. The van der Waals surface area contributed by atoms with Gasteiger partial charge in [-0.3, -0.25) is 4.98 Å². The van der Waals surface area contributed by atoms with Gasteiger partial charge in [-0.05, 0) is 91.6 Å². The van der Waals surface area contributed by atoms with E-state index in [2.05, 4.69) is 164 Å². The summed E-state index contributed by atoms with van der Waals surface area (Å²) in [6, 6.07) is 34.9. The molecule has 0 radical (unpaired) electrons. The fraction of sp³-hybridized carbons (Fsp3) is 0.302. The molecule has 0 N–H and O–H groups in total. The monoisotopic (exact) mass is 619 g/mol. The van der Waals surface area contributed by atoms with Gasteiger partial charge in [-0.2, -0.15) is 0 Å². The van der Waals surface area contributed by atoms with Crippen LogP contribution in [0.25, 0.3) is 38.8 Å². The van der Waals surface area contributed by atoms with Gasteiger partial charge in [0.2, 0.25) is 5.90 Å². The standard InChI is InChI=1S/C43H45N3O/c1-27(2)42(8)43(9,31-15-11-10-12-16-31)47-40(45-42)35-26-38(29(4)23-28(35)3)46-37-18-14-13-17-33(37)34-20-19-30(24-39(34)46)36-25-32(21-22-44-36)41(5,6)7/h10-27H,1-9H3/t42-,43-/m1/s1. The number of aryl methyl sites for hydroxylation is 2. The maximum Gasteiger partial charge on any atom is 0.218 e. The van der Waals surface area contributed by atoms with Crippen LogP contribution in [0.3, 0.4) is 0 Å². The molecule has 4 nitrogen and oxygen atoms in total. The summed E-state index contributed by atoms with van der Waals surface area (Å²) in [6.07, 6.45) is 1.93. The van der Waals surface area contributed by atoms with Crippen LogP contribution >= 0.6 is 0 Å². The first kappa shape index (κ1) is 30.9. The Morgan fingerprint density at radius 3 is 2.17 bits per heavy atom. The average Bonchev–Trinajstić information content (AvgIpc) is 3.53. The highest BCUT2D eigenvalue weighted by Crippen LogP contribution is 2.49. The lowest BCUT2D eigenvalue weighted by atomic mass is 9.72. The van der Waals surface area contributed by atoms with Gasteiger partial charge in [0, 0.05) is 33.8 Å². The molecule has 4 aromatic carbocycles. The molecule has 0 spiro atoms. The molecule has 3 heterocycles. The Balaban J connectivity index is 1.43. The van der Waals surface area contributed by atoms with Crippen LogP contribution < -0.4 is 0 Å². The number of aromatic nitrogens is 2. The second-order valence-electron chi connectivity index (χ2n) is 14.9. The van der Waals surface area contributed by atoms with Crippen LogP contribution in [0.15, 0.2) is 108 Å². The highest BCUT2D eigenvalue weighted by molar-refractivity contribution is 6.10. The maximum absolute atomic E-state index is 7.01. The molecule has 0 saturated heterocycles. The van der Waals surface area contributed by atoms with Gasteiger partial charge >= 0.3 is 0 Å². The van der Waals surface area contributed by atoms with E-state index in [9.17, 15) is 0 Å². The van der Waals surface area contributed by atoms with Crippen LogP contribution in [0, 0.1) is 19.8 Å². The van der Waals surface area contributed by atoms with Crippen molar-refractivity contribution in [1.82, 2.24) is 9.55 Å². The molecule has 0 saturated carbocycles. The molecule has 0 fully saturated rings. The molecular formula is C43H45N3O. The van der Waals surface area contributed by atoms with Crippen molar-refractivity contribution in [1.29, 1.82) is 0 Å². The second kappa shape index (κ2) is 10.9. The number of nitrogens with zero attached hydrogens (tertiary/aromatic N) is 3. The van der Waals surface area contributed by atoms with Gasteiger partial charge in [-0.1, -0.05) is 101 Å². The van der Waals surface area contributed by atoms with Gasteiger partial charge in [0.25, 0.3) is 0 Å². The smallest absolute Gasteiger partial charge is 0.218 e. The lowest BCUT2D eigenvalue weighted by Gasteiger charge is -2.40. The van der Waals surface area contributed by atoms with Crippen molar-refractivity contribution in [3.05, 3.63) is 131 Å². The minimum absolute atomic E-state index is 0.0410. The topological polar surface area (TPSA) is 39.4 Å². The van der Waals surface area contributed by atoms with Crippen molar-refractivity contribution in [2.45, 2.75) is 78.9 Å². The third-order valence-corrected chi connectivity index (χ3v) is 10.7. The molecule has 1 aliphatic heterocycles. The Hall–Kier alpha value is -4.70. The molecular weight excluding hydrogens is 574 g/mol. The number of rotatable bonds is 5. The lowest BCUT2D eigenvalue weighted by molar-refractivity contribution is 0.00856. The van der Waals surface area contributed by atoms with E-state index in [-0.39, 0.29) is 11.3 Å². The fourth-order valence-corrected chi connectivity index (χ4v) is 7.30. The number of hydrogen-bond donors (Lipinski definition) is 0. The predicted octanol–water partition coefficient (Wildman–Crippen LogP) is 10.9. The van der Waals surface area contributed by atoms with Crippen molar-refractivity contribution in [3.63, 3.8) is 0 Å². The number of aliphatic imine (C=N–C) groups is 1. The van der Waals surface area contributed by atoms with Gasteiger partial charge in [0.15, 0.2) is 5.60 Å². The van der Waals surface area contributed by atoms with E-state index in [1.165, 1.54) is 27.4 Å². The summed E-state index contributed by atoms with van der Waals surface area (Å²) in [5.74, 6) is 0.965. The van der Waals surface area contributed by atoms with E-state index >= 15 is 0 Å². The summed E-state index contributed by atoms with van der Waals surface area (Å²) in [7, 11) is 0. The maximum atomic E-state index is 7.01. The molecule has 2 aromatic heterocycles. The molecule has 0 unspecified atom stereocenters.